The highest BCUT2D eigenvalue weighted by Crippen LogP contribution is 2.27. The van der Waals surface area contributed by atoms with Crippen LogP contribution in [-0.2, 0) is 4.74 Å². The fourth-order valence-corrected chi connectivity index (χ4v) is 2.78. The second kappa shape index (κ2) is 7.63. The van der Waals surface area contributed by atoms with Crippen molar-refractivity contribution in [3.05, 3.63) is 52.7 Å². The fraction of sp³-hybridized carbons (Fsp3) is 0.375. The van der Waals surface area contributed by atoms with Gasteiger partial charge in [-0.15, -0.1) is 0 Å². The summed E-state index contributed by atoms with van der Waals surface area (Å²) in [6, 6.07) is 0. The minimum atomic E-state index is -0.547. The lowest BCUT2D eigenvalue weighted by molar-refractivity contribution is 0.288. The van der Waals surface area contributed by atoms with Crippen LogP contribution >= 0.6 is 11.6 Å². The van der Waals surface area contributed by atoms with Crippen molar-refractivity contribution in [2.24, 2.45) is 0 Å². The molecule has 128 valence electrons. The Morgan fingerprint density at radius 3 is 2.92 bits per heavy atom. The van der Waals surface area contributed by atoms with E-state index in [1.165, 1.54) is 0 Å². The van der Waals surface area contributed by atoms with Gasteiger partial charge in [-0.1, -0.05) is 0 Å². The van der Waals surface area contributed by atoms with E-state index in [9.17, 15) is 4.39 Å². The first-order valence-electron chi connectivity index (χ1n) is 7.71. The smallest absolute Gasteiger partial charge is 0.224 e. The Hall–Kier alpha value is -2.12. The topological polar surface area (TPSA) is 62.3 Å². The summed E-state index contributed by atoms with van der Waals surface area (Å²) >= 11 is 5.73. The monoisotopic (exact) mass is 351 g/mol. The van der Waals surface area contributed by atoms with Gasteiger partial charge in [-0.3, -0.25) is 0 Å². The van der Waals surface area contributed by atoms with Crippen molar-refractivity contribution in [1.29, 1.82) is 0 Å². The molecule has 2 N–H and O–H groups in total. The van der Waals surface area contributed by atoms with Crippen molar-refractivity contribution in [3.63, 3.8) is 0 Å². The van der Waals surface area contributed by atoms with Crippen LogP contribution in [0.3, 0.4) is 0 Å². The highest BCUT2D eigenvalue weighted by molar-refractivity contribution is 6.28. The summed E-state index contributed by atoms with van der Waals surface area (Å²) in [7, 11) is 1.65. The summed E-state index contributed by atoms with van der Waals surface area (Å²) in [4.78, 5) is 9.75. The van der Waals surface area contributed by atoms with E-state index < -0.39 is 5.82 Å². The zero-order chi connectivity index (χ0) is 16.9. The maximum Gasteiger partial charge on any atom is 0.224 e. The van der Waals surface area contributed by atoms with Gasteiger partial charge in [0, 0.05) is 50.1 Å². The molecule has 6 nitrogen and oxygen atoms in total. The lowest BCUT2D eigenvalue weighted by Gasteiger charge is -2.28. The molecule has 0 spiro atoms. The number of piperazine rings is 1. The molecule has 0 amide bonds. The molecule has 1 aliphatic carbocycles. The van der Waals surface area contributed by atoms with E-state index in [1.807, 2.05) is 12.2 Å². The molecular formula is C16H19ClFN5O. The van der Waals surface area contributed by atoms with Gasteiger partial charge in [0.1, 0.15) is 5.76 Å². The Kier molecular flexibility index (Phi) is 5.32. The molecule has 1 aromatic heterocycles. The van der Waals surface area contributed by atoms with Crippen LogP contribution in [0.2, 0.25) is 5.28 Å². The molecule has 0 aromatic carbocycles. The highest BCUT2D eigenvalue weighted by Gasteiger charge is 2.17. The number of allylic oxidation sites excluding steroid dienone is 4. The molecule has 1 aromatic rings. The van der Waals surface area contributed by atoms with Crippen molar-refractivity contribution in [1.82, 2.24) is 20.2 Å². The van der Waals surface area contributed by atoms with Crippen molar-refractivity contribution >= 4 is 17.4 Å². The minimum absolute atomic E-state index is 0.0000133. The zero-order valence-corrected chi connectivity index (χ0v) is 14.1. The van der Waals surface area contributed by atoms with Crippen LogP contribution in [0, 0.1) is 5.82 Å². The average molecular weight is 352 g/mol. The van der Waals surface area contributed by atoms with E-state index in [0.717, 1.165) is 49.4 Å². The van der Waals surface area contributed by atoms with Gasteiger partial charge < -0.3 is 20.3 Å². The second-order valence-electron chi connectivity index (χ2n) is 5.50. The van der Waals surface area contributed by atoms with Gasteiger partial charge in [0.15, 0.2) is 11.6 Å². The molecule has 0 radical (unpaired) electrons. The first-order valence-corrected chi connectivity index (χ1v) is 8.09. The largest absolute Gasteiger partial charge is 0.496 e. The van der Waals surface area contributed by atoms with Crippen LogP contribution in [-0.4, -0.2) is 48.2 Å². The Morgan fingerprint density at radius 1 is 1.38 bits per heavy atom. The number of methoxy groups -OCH3 is 1. The molecule has 2 aliphatic rings. The molecule has 1 saturated heterocycles. The van der Waals surface area contributed by atoms with Crippen LogP contribution in [0.15, 0.2) is 41.6 Å². The third-order valence-corrected chi connectivity index (χ3v) is 4.02. The van der Waals surface area contributed by atoms with Gasteiger partial charge >= 0.3 is 0 Å². The molecule has 0 atom stereocenters. The predicted molar refractivity (Wildman–Crippen MR) is 90.9 cm³/mol. The molecule has 3 rings (SSSR count). The second-order valence-corrected chi connectivity index (χ2v) is 5.84. The molecule has 1 aliphatic heterocycles. The maximum absolute atomic E-state index is 13.8. The van der Waals surface area contributed by atoms with Gasteiger partial charge in [0.05, 0.1) is 13.3 Å². The summed E-state index contributed by atoms with van der Waals surface area (Å²) in [6.45, 7) is 3.81. The Bertz CT molecular complexity index is 698. The number of nitrogens with one attached hydrogen (secondary N) is 2. The van der Waals surface area contributed by atoms with Crippen molar-refractivity contribution in [3.8, 4) is 0 Å². The lowest BCUT2D eigenvalue weighted by Crippen LogP contribution is -2.40. The molecular weight excluding hydrogens is 333 g/mol. The zero-order valence-electron chi connectivity index (χ0n) is 13.4. The van der Waals surface area contributed by atoms with Crippen LogP contribution < -0.4 is 10.6 Å². The molecule has 0 saturated carbocycles. The van der Waals surface area contributed by atoms with Crippen molar-refractivity contribution in [2.45, 2.75) is 6.42 Å². The highest BCUT2D eigenvalue weighted by atomic mass is 35.5. The van der Waals surface area contributed by atoms with Crippen molar-refractivity contribution in [2.75, 3.05) is 38.6 Å². The number of hydrogen-bond acceptors (Lipinski definition) is 6. The van der Waals surface area contributed by atoms with E-state index in [2.05, 4.69) is 31.7 Å². The summed E-state index contributed by atoms with van der Waals surface area (Å²) in [5.74, 6) is 0.326. The van der Waals surface area contributed by atoms with E-state index in [0.29, 0.717) is 6.42 Å². The summed E-state index contributed by atoms with van der Waals surface area (Å²) in [5, 5.41) is 6.30. The third-order valence-electron chi connectivity index (χ3n) is 3.84. The van der Waals surface area contributed by atoms with E-state index in [1.54, 1.807) is 7.11 Å². The van der Waals surface area contributed by atoms with Gasteiger partial charge in [-0.25, -0.2) is 9.37 Å². The minimum Gasteiger partial charge on any atom is -0.496 e. The van der Waals surface area contributed by atoms with Crippen LogP contribution in [0.5, 0.6) is 0 Å². The summed E-state index contributed by atoms with van der Waals surface area (Å²) in [5.41, 5.74) is 1.84. The van der Waals surface area contributed by atoms with Gasteiger partial charge in [0.2, 0.25) is 5.28 Å². The van der Waals surface area contributed by atoms with Crippen LogP contribution in [0.25, 0.3) is 0 Å². The number of ether oxygens (including phenoxy) is 1. The SMILES string of the molecule is COC1=CC=C(Nc2nc(Cl)ncc2F)CC1=CN1CCNCC1. The standard InChI is InChI=1S/C16H19ClFN5O/c1-24-14-3-2-12(21-15-13(18)9-20-16(17)22-15)8-11(14)10-23-6-4-19-5-7-23/h2-3,9-10,19H,4-8H2,1H3,(H,20,21,22). The van der Waals surface area contributed by atoms with Crippen LogP contribution in [0.4, 0.5) is 10.2 Å². The normalized spacial score (nSPS) is 19.8. The molecule has 1 fully saturated rings. The molecule has 0 bridgehead atoms. The predicted octanol–water partition coefficient (Wildman–Crippen LogP) is 2.29. The number of anilines is 1. The summed E-state index contributed by atoms with van der Waals surface area (Å²) < 4.78 is 19.2. The maximum atomic E-state index is 13.8. The Morgan fingerprint density at radius 2 is 2.17 bits per heavy atom. The van der Waals surface area contributed by atoms with Crippen molar-refractivity contribution < 1.29 is 9.13 Å². The van der Waals surface area contributed by atoms with Gasteiger partial charge in [-0.05, 0) is 23.8 Å². The van der Waals surface area contributed by atoms with E-state index in [-0.39, 0.29) is 11.1 Å². The number of aromatic nitrogens is 2. The van der Waals surface area contributed by atoms with Gasteiger partial charge in [-0.2, -0.15) is 4.98 Å². The first-order chi connectivity index (χ1) is 11.7. The third kappa shape index (κ3) is 4.04. The van der Waals surface area contributed by atoms with E-state index in [4.69, 9.17) is 16.3 Å². The fourth-order valence-electron chi connectivity index (χ4n) is 2.65. The Balaban J connectivity index is 1.77. The van der Waals surface area contributed by atoms with Crippen LogP contribution in [0.1, 0.15) is 6.42 Å². The lowest BCUT2D eigenvalue weighted by atomic mass is 10.0. The van der Waals surface area contributed by atoms with Gasteiger partial charge in [0.25, 0.3) is 0 Å². The molecule has 24 heavy (non-hydrogen) atoms. The number of nitrogens with zero attached hydrogens (tertiary/aromatic N) is 3. The number of rotatable bonds is 4. The Labute approximate surface area is 145 Å². The molecule has 2 heterocycles. The number of halogens is 2. The average Bonchev–Trinajstić information content (AvgIpc) is 2.59. The number of hydrogen-bond donors (Lipinski definition) is 2. The molecule has 8 heteroatoms. The first kappa shape index (κ1) is 16.7. The quantitative estimate of drug-likeness (QED) is 0.812. The van der Waals surface area contributed by atoms with E-state index >= 15 is 0 Å². The molecule has 0 unspecified atom stereocenters. The summed E-state index contributed by atoms with van der Waals surface area (Å²) in [6.07, 6.45) is 7.46.